The van der Waals surface area contributed by atoms with E-state index in [0.717, 1.165) is 53.8 Å². The topological polar surface area (TPSA) is 50.8 Å². The van der Waals surface area contributed by atoms with E-state index in [9.17, 15) is 0 Å². The van der Waals surface area contributed by atoms with Gasteiger partial charge in [-0.15, -0.1) is 0 Å². The Morgan fingerprint density at radius 1 is 1.12 bits per heavy atom. The van der Waals surface area contributed by atoms with Crippen molar-refractivity contribution < 1.29 is 4.74 Å². The third kappa shape index (κ3) is 4.42. The molecule has 1 aliphatic heterocycles. The van der Waals surface area contributed by atoms with Gasteiger partial charge in [-0.2, -0.15) is 0 Å². The number of imidazole rings is 1. The fourth-order valence-electron chi connectivity index (χ4n) is 4.27. The number of anilines is 1. The largest absolute Gasteiger partial charge is 0.497 e. The second-order valence-corrected chi connectivity index (χ2v) is 9.27. The SMILES string of the molecule is [C-]#[N+]c1ccc([C@@H](C)n2cncc2CN2CCN(c3nc4ccc(OC)cc4s3)CC2)cc1. The van der Waals surface area contributed by atoms with Crippen LogP contribution in [0.4, 0.5) is 10.8 Å². The summed E-state index contributed by atoms with van der Waals surface area (Å²) in [6.07, 6.45) is 3.88. The number of ether oxygens (including phenoxy) is 1. The van der Waals surface area contributed by atoms with Gasteiger partial charge in [-0.25, -0.2) is 14.8 Å². The zero-order valence-electron chi connectivity index (χ0n) is 18.8. The molecule has 7 nitrogen and oxygen atoms in total. The summed E-state index contributed by atoms with van der Waals surface area (Å²) < 4.78 is 8.74. The number of piperazine rings is 1. The summed E-state index contributed by atoms with van der Waals surface area (Å²) in [6, 6.07) is 14.1. The van der Waals surface area contributed by atoms with Gasteiger partial charge < -0.3 is 14.2 Å². The Kier molecular flexibility index (Phi) is 5.99. The zero-order valence-corrected chi connectivity index (χ0v) is 19.6. The first-order chi connectivity index (χ1) is 16.1. The quantitative estimate of drug-likeness (QED) is 0.381. The molecule has 1 atom stereocenters. The molecular weight excluding hydrogens is 432 g/mol. The van der Waals surface area contributed by atoms with Crippen LogP contribution in [0, 0.1) is 6.57 Å². The van der Waals surface area contributed by atoms with Gasteiger partial charge in [0.25, 0.3) is 0 Å². The Morgan fingerprint density at radius 3 is 2.64 bits per heavy atom. The Labute approximate surface area is 197 Å². The Morgan fingerprint density at radius 2 is 1.91 bits per heavy atom. The van der Waals surface area contributed by atoms with Crippen molar-refractivity contribution in [1.29, 1.82) is 0 Å². The number of fused-ring (bicyclic) bond motifs is 1. The van der Waals surface area contributed by atoms with E-state index in [-0.39, 0.29) is 6.04 Å². The van der Waals surface area contributed by atoms with E-state index in [4.69, 9.17) is 16.3 Å². The van der Waals surface area contributed by atoms with E-state index in [1.54, 1.807) is 18.4 Å². The minimum Gasteiger partial charge on any atom is -0.497 e. The van der Waals surface area contributed by atoms with Gasteiger partial charge in [0.2, 0.25) is 0 Å². The first-order valence-electron chi connectivity index (χ1n) is 11.0. The molecule has 4 aromatic rings. The summed E-state index contributed by atoms with van der Waals surface area (Å²) in [6.45, 7) is 14.1. The maximum Gasteiger partial charge on any atom is 0.187 e. The molecule has 0 aliphatic carbocycles. The van der Waals surface area contributed by atoms with Crippen molar-refractivity contribution in [3.63, 3.8) is 0 Å². The molecule has 0 amide bonds. The third-order valence-corrected chi connectivity index (χ3v) is 7.36. The third-order valence-electron chi connectivity index (χ3n) is 6.28. The van der Waals surface area contributed by atoms with Crippen LogP contribution in [0.15, 0.2) is 55.0 Å². The van der Waals surface area contributed by atoms with Crippen molar-refractivity contribution in [3.8, 4) is 5.75 Å². The van der Waals surface area contributed by atoms with Crippen molar-refractivity contribution in [1.82, 2.24) is 19.4 Å². The van der Waals surface area contributed by atoms with E-state index >= 15 is 0 Å². The van der Waals surface area contributed by atoms with E-state index < -0.39 is 0 Å². The van der Waals surface area contributed by atoms with Gasteiger partial charge in [-0.1, -0.05) is 35.6 Å². The Balaban J connectivity index is 1.23. The van der Waals surface area contributed by atoms with E-state index in [0.29, 0.717) is 5.69 Å². The van der Waals surface area contributed by atoms with Crippen molar-refractivity contribution >= 4 is 32.4 Å². The molecule has 33 heavy (non-hydrogen) atoms. The molecule has 0 saturated carbocycles. The second kappa shape index (κ2) is 9.22. The molecule has 5 rings (SSSR count). The molecule has 0 unspecified atom stereocenters. The molecule has 168 valence electrons. The van der Waals surface area contributed by atoms with E-state index in [2.05, 4.69) is 37.2 Å². The average molecular weight is 459 g/mol. The molecule has 2 aromatic carbocycles. The number of rotatable bonds is 6. The van der Waals surface area contributed by atoms with Crippen LogP contribution in [-0.4, -0.2) is 52.7 Å². The summed E-state index contributed by atoms with van der Waals surface area (Å²) in [5, 5.41) is 1.08. The van der Waals surface area contributed by atoms with Crippen molar-refractivity contribution in [3.05, 3.63) is 77.7 Å². The molecule has 0 radical (unpaired) electrons. The number of aromatic nitrogens is 3. The molecule has 1 fully saturated rings. The molecule has 0 N–H and O–H groups in total. The maximum atomic E-state index is 7.14. The van der Waals surface area contributed by atoms with Gasteiger partial charge in [0, 0.05) is 38.9 Å². The lowest BCUT2D eigenvalue weighted by atomic mass is 10.1. The van der Waals surface area contributed by atoms with Gasteiger partial charge in [-0.3, -0.25) is 4.90 Å². The lowest BCUT2D eigenvalue weighted by molar-refractivity contribution is 0.243. The van der Waals surface area contributed by atoms with Crippen LogP contribution in [0.25, 0.3) is 15.1 Å². The van der Waals surface area contributed by atoms with E-state index in [1.165, 1.54) is 11.3 Å². The molecule has 0 spiro atoms. The summed E-state index contributed by atoms with van der Waals surface area (Å²) in [4.78, 5) is 17.6. The number of hydrogen-bond donors (Lipinski definition) is 0. The van der Waals surface area contributed by atoms with Gasteiger partial charge in [-0.05, 0) is 30.7 Å². The molecular formula is C25H26N6OS. The Bertz CT molecular complexity index is 1280. The predicted molar refractivity (Wildman–Crippen MR) is 132 cm³/mol. The van der Waals surface area contributed by atoms with Crippen molar-refractivity contribution in [2.45, 2.75) is 19.5 Å². The summed E-state index contributed by atoms with van der Waals surface area (Å²) in [7, 11) is 1.69. The molecule has 3 heterocycles. The molecule has 8 heteroatoms. The smallest absolute Gasteiger partial charge is 0.187 e. The van der Waals surface area contributed by atoms with E-state index in [1.807, 2.05) is 48.9 Å². The lowest BCUT2D eigenvalue weighted by Crippen LogP contribution is -2.46. The number of nitrogens with zero attached hydrogens (tertiary/aromatic N) is 6. The van der Waals surface area contributed by atoms with Crippen LogP contribution in [0.3, 0.4) is 0 Å². The number of hydrogen-bond acceptors (Lipinski definition) is 6. The second-order valence-electron chi connectivity index (χ2n) is 8.26. The Hall–Kier alpha value is -3.41. The predicted octanol–water partition coefficient (Wildman–Crippen LogP) is 4.98. The monoisotopic (exact) mass is 458 g/mol. The molecule has 0 bridgehead atoms. The first kappa shape index (κ1) is 21.4. The van der Waals surface area contributed by atoms with Crippen LogP contribution >= 0.6 is 11.3 Å². The van der Waals surface area contributed by atoms with Gasteiger partial charge in [0.15, 0.2) is 10.8 Å². The molecule has 1 aliphatic rings. The highest BCUT2D eigenvalue weighted by Crippen LogP contribution is 2.32. The highest BCUT2D eigenvalue weighted by atomic mass is 32.1. The van der Waals surface area contributed by atoms with Crippen LogP contribution < -0.4 is 9.64 Å². The highest BCUT2D eigenvalue weighted by molar-refractivity contribution is 7.22. The number of methoxy groups -OCH3 is 1. The fourth-order valence-corrected chi connectivity index (χ4v) is 5.32. The zero-order chi connectivity index (χ0) is 22.8. The normalized spacial score (nSPS) is 15.5. The van der Waals surface area contributed by atoms with Crippen LogP contribution in [0.5, 0.6) is 5.75 Å². The lowest BCUT2D eigenvalue weighted by Gasteiger charge is -2.34. The van der Waals surface area contributed by atoms with Crippen LogP contribution in [-0.2, 0) is 6.54 Å². The average Bonchev–Trinajstić information content (AvgIpc) is 3.50. The minimum absolute atomic E-state index is 0.170. The number of thiazole rings is 1. The summed E-state index contributed by atoms with van der Waals surface area (Å²) >= 11 is 1.73. The fraction of sp³-hybridized carbons (Fsp3) is 0.320. The maximum absolute atomic E-state index is 7.14. The molecule has 1 saturated heterocycles. The highest BCUT2D eigenvalue weighted by Gasteiger charge is 2.22. The van der Waals surface area contributed by atoms with Gasteiger partial charge in [0.05, 0.1) is 42.0 Å². The van der Waals surface area contributed by atoms with Gasteiger partial charge in [0.1, 0.15) is 5.75 Å². The van der Waals surface area contributed by atoms with Crippen molar-refractivity contribution in [2.75, 3.05) is 38.2 Å². The van der Waals surface area contributed by atoms with Crippen LogP contribution in [0.1, 0.15) is 24.2 Å². The van der Waals surface area contributed by atoms with Crippen LogP contribution in [0.2, 0.25) is 0 Å². The van der Waals surface area contributed by atoms with Crippen molar-refractivity contribution in [2.24, 2.45) is 0 Å². The minimum atomic E-state index is 0.170. The standard InChI is InChI=1S/C25H26N6OS/c1-18(19-4-6-20(26-2)7-5-19)31-17-27-15-21(31)16-29-10-12-30(13-11-29)25-28-23-9-8-22(32-3)14-24(23)33-25/h4-9,14-15,17-18H,10-13,16H2,1,3H3/t18-/m1/s1. The number of benzene rings is 2. The first-order valence-corrected chi connectivity index (χ1v) is 11.9. The summed E-state index contributed by atoms with van der Waals surface area (Å²) in [5.41, 5.74) is 4.08. The van der Waals surface area contributed by atoms with Gasteiger partial charge >= 0.3 is 0 Å². The molecule has 2 aromatic heterocycles. The summed E-state index contributed by atoms with van der Waals surface area (Å²) in [5.74, 6) is 0.871.